The molecule has 1 amide bonds. The van der Waals surface area contributed by atoms with Crippen molar-refractivity contribution < 1.29 is 14.3 Å². The van der Waals surface area contributed by atoms with Crippen LogP contribution in [0, 0.1) is 6.92 Å². The first-order valence-electron chi connectivity index (χ1n) is 9.58. The number of amides is 1. The zero-order chi connectivity index (χ0) is 20.5. The van der Waals surface area contributed by atoms with Crippen molar-refractivity contribution in [1.29, 1.82) is 0 Å². The molecule has 3 aromatic heterocycles. The van der Waals surface area contributed by atoms with Gasteiger partial charge in [0.05, 0.1) is 28.3 Å². The molecule has 0 aliphatic carbocycles. The third kappa shape index (κ3) is 3.46. The van der Waals surface area contributed by atoms with E-state index in [9.17, 15) is 9.59 Å². The normalized spacial score (nSPS) is 14.4. The molecule has 1 fully saturated rings. The van der Waals surface area contributed by atoms with Crippen LogP contribution in [0.5, 0.6) is 0 Å². The van der Waals surface area contributed by atoms with Crippen molar-refractivity contribution in [3.8, 4) is 0 Å². The van der Waals surface area contributed by atoms with Crippen LogP contribution in [0.4, 0.5) is 5.69 Å². The average molecular weight is 414 g/mol. The Labute approximate surface area is 172 Å². The van der Waals surface area contributed by atoms with E-state index >= 15 is 0 Å². The number of hydrogen-bond donors (Lipinski definition) is 0. The first-order chi connectivity index (χ1) is 14.0. The first kappa shape index (κ1) is 19.4. The molecule has 152 valence electrons. The summed E-state index contributed by atoms with van der Waals surface area (Å²) in [7, 11) is 1.84. The summed E-state index contributed by atoms with van der Waals surface area (Å²) in [6.07, 6.45) is 1.57. The second-order valence-corrected chi connectivity index (χ2v) is 7.85. The van der Waals surface area contributed by atoms with E-state index in [2.05, 4.69) is 15.0 Å². The number of aromatic nitrogens is 3. The molecule has 0 spiro atoms. The minimum absolute atomic E-state index is 0.0581. The molecule has 0 bridgehead atoms. The van der Waals surface area contributed by atoms with Crippen LogP contribution < -0.4 is 4.90 Å². The van der Waals surface area contributed by atoms with E-state index in [0.717, 1.165) is 27.3 Å². The van der Waals surface area contributed by atoms with Gasteiger partial charge in [0.1, 0.15) is 5.56 Å². The topological polar surface area (TPSA) is 80.6 Å². The van der Waals surface area contributed by atoms with Crippen LogP contribution in [-0.2, 0) is 11.8 Å². The van der Waals surface area contributed by atoms with Crippen molar-refractivity contribution in [2.45, 2.75) is 13.8 Å². The monoisotopic (exact) mass is 413 g/mol. The molecule has 0 atom stereocenters. The van der Waals surface area contributed by atoms with E-state index in [1.54, 1.807) is 17.8 Å². The predicted molar refractivity (Wildman–Crippen MR) is 112 cm³/mol. The van der Waals surface area contributed by atoms with Gasteiger partial charge in [-0.1, -0.05) is 6.07 Å². The lowest BCUT2D eigenvalue weighted by molar-refractivity contribution is 0.0525. The van der Waals surface area contributed by atoms with Crippen molar-refractivity contribution in [1.82, 2.24) is 19.7 Å². The van der Waals surface area contributed by atoms with Gasteiger partial charge in [-0.05, 0) is 25.3 Å². The number of hydrogen-bond acceptors (Lipinski definition) is 7. The van der Waals surface area contributed by atoms with Gasteiger partial charge in [-0.25, -0.2) is 9.78 Å². The Bertz CT molecular complexity index is 1050. The van der Waals surface area contributed by atoms with Gasteiger partial charge in [0.15, 0.2) is 5.65 Å². The smallest absolute Gasteiger partial charge is 0.341 e. The maximum absolute atomic E-state index is 12.7. The summed E-state index contributed by atoms with van der Waals surface area (Å²) in [5, 5.41) is 7.25. The zero-order valence-electron chi connectivity index (χ0n) is 16.7. The summed E-state index contributed by atoms with van der Waals surface area (Å²) in [5.74, 6) is -0.333. The van der Waals surface area contributed by atoms with E-state index < -0.39 is 5.97 Å². The van der Waals surface area contributed by atoms with Crippen LogP contribution in [-0.4, -0.2) is 64.3 Å². The third-order valence-corrected chi connectivity index (χ3v) is 5.97. The van der Waals surface area contributed by atoms with E-state index in [-0.39, 0.29) is 5.91 Å². The maximum Gasteiger partial charge on any atom is 0.341 e. The minimum atomic E-state index is -0.391. The second-order valence-electron chi connectivity index (χ2n) is 6.91. The highest BCUT2D eigenvalue weighted by atomic mass is 32.1. The lowest BCUT2D eigenvalue weighted by atomic mass is 10.1. The van der Waals surface area contributed by atoms with Crippen molar-refractivity contribution in [2.24, 2.45) is 7.05 Å². The van der Waals surface area contributed by atoms with Crippen LogP contribution in [0.3, 0.4) is 0 Å². The highest BCUT2D eigenvalue weighted by molar-refractivity contribution is 7.12. The molecule has 1 aliphatic heterocycles. The summed E-state index contributed by atoms with van der Waals surface area (Å²) >= 11 is 1.45. The minimum Gasteiger partial charge on any atom is -0.462 e. The molecule has 4 heterocycles. The molecule has 4 rings (SSSR count). The largest absolute Gasteiger partial charge is 0.462 e. The average Bonchev–Trinajstić information content (AvgIpc) is 3.36. The van der Waals surface area contributed by atoms with Crippen LogP contribution in [0.25, 0.3) is 11.0 Å². The Balaban J connectivity index is 1.67. The number of thiophene rings is 1. The Hall–Kier alpha value is -2.94. The van der Waals surface area contributed by atoms with Crippen LogP contribution in [0.15, 0.2) is 23.7 Å². The summed E-state index contributed by atoms with van der Waals surface area (Å²) in [5.41, 5.74) is 2.77. The highest BCUT2D eigenvalue weighted by Gasteiger charge is 2.29. The molecule has 29 heavy (non-hydrogen) atoms. The van der Waals surface area contributed by atoms with Crippen LogP contribution in [0.2, 0.25) is 0 Å². The predicted octanol–water partition coefficient (Wildman–Crippen LogP) is 2.48. The van der Waals surface area contributed by atoms with Gasteiger partial charge in [0.2, 0.25) is 0 Å². The zero-order valence-corrected chi connectivity index (χ0v) is 17.5. The molecule has 0 N–H and O–H groups in total. The molecule has 1 aliphatic rings. The lowest BCUT2D eigenvalue weighted by Crippen LogP contribution is -2.49. The van der Waals surface area contributed by atoms with Gasteiger partial charge in [-0.15, -0.1) is 11.3 Å². The summed E-state index contributed by atoms with van der Waals surface area (Å²) in [6.45, 7) is 6.41. The number of ether oxygens (including phenoxy) is 1. The van der Waals surface area contributed by atoms with Crippen molar-refractivity contribution >= 4 is 39.9 Å². The number of pyridine rings is 1. The second kappa shape index (κ2) is 7.82. The van der Waals surface area contributed by atoms with Gasteiger partial charge < -0.3 is 14.5 Å². The lowest BCUT2D eigenvalue weighted by Gasteiger charge is -2.36. The fraction of sp³-hybridized carbons (Fsp3) is 0.400. The third-order valence-electron chi connectivity index (χ3n) is 5.11. The maximum atomic E-state index is 12.7. The Kier molecular flexibility index (Phi) is 5.23. The van der Waals surface area contributed by atoms with E-state index in [0.29, 0.717) is 38.3 Å². The number of esters is 1. The van der Waals surface area contributed by atoms with Gasteiger partial charge in [0.25, 0.3) is 5.91 Å². The number of aryl methyl sites for hydroxylation is 2. The Morgan fingerprint density at radius 2 is 2.00 bits per heavy atom. The van der Waals surface area contributed by atoms with Gasteiger partial charge in [0, 0.05) is 39.4 Å². The van der Waals surface area contributed by atoms with Gasteiger partial charge >= 0.3 is 5.97 Å². The molecule has 3 aromatic rings. The number of piperazine rings is 1. The summed E-state index contributed by atoms with van der Waals surface area (Å²) in [6, 6.07) is 3.74. The van der Waals surface area contributed by atoms with E-state index in [1.807, 2.05) is 36.4 Å². The van der Waals surface area contributed by atoms with Gasteiger partial charge in [-0.3, -0.25) is 9.48 Å². The fourth-order valence-electron chi connectivity index (χ4n) is 3.77. The molecular formula is C20H23N5O3S. The van der Waals surface area contributed by atoms with Crippen molar-refractivity contribution in [3.05, 3.63) is 39.8 Å². The highest BCUT2D eigenvalue weighted by Crippen LogP contribution is 2.33. The molecular weight excluding hydrogens is 390 g/mol. The molecule has 0 aromatic carbocycles. The molecule has 9 heteroatoms. The Morgan fingerprint density at radius 3 is 2.66 bits per heavy atom. The summed E-state index contributed by atoms with van der Waals surface area (Å²) < 4.78 is 6.99. The summed E-state index contributed by atoms with van der Waals surface area (Å²) in [4.78, 5) is 34.5. The SMILES string of the molecule is CCOC(=O)c1cnc2c(c(C)nn2C)c1N1CCN(C(=O)c2cccs2)CC1. The molecule has 0 unspecified atom stereocenters. The number of carbonyl (C=O) groups excluding carboxylic acids is 2. The van der Waals surface area contributed by atoms with Crippen LogP contribution >= 0.6 is 11.3 Å². The fourth-order valence-corrected chi connectivity index (χ4v) is 4.46. The number of rotatable bonds is 4. The number of nitrogens with zero attached hydrogens (tertiary/aromatic N) is 5. The van der Waals surface area contributed by atoms with E-state index in [1.165, 1.54) is 11.3 Å². The van der Waals surface area contributed by atoms with Crippen molar-refractivity contribution in [3.63, 3.8) is 0 Å². The molecule has 8 nitrogen and oxygen atoms in total. The van der Waals surface area contributed by atoms with Gasteiger partial charge in [-0.2, -0.15) is 5.10 Å². The van der Waals surface area contributed by atoms with E-state index in [4.69, 9.17) is 4.74 Å². The first-order valence-corrected chi connectivity index (χ1v) is 10.5. The molecule has 0 saturated carbocycles. The standard InChI is InChI=1S/C20H23N5O3S/c1-4-28-20(27)14-12-21-18-16(13(2)22-23(18)3)17(14)24-7-9-25(10-8-24)19(26)15-6-5-11-29-15/h5-6,11-12H,4,7-10H2,1-3H3. The molecule has 0 radical (unpaired) electrons. The number of fused-ring (bicyclic) bond motifs is 1. The number of anilines is 1. The molecule has 1 saturated heterocycles. The number of carbonyl (C=O) groups is 2. The van der Waals surface area contributed by atoms with Crippen LogP contribution in [0.1, 0.15) is 32.6 Å². The Morgan fingerprint density at radius 1 is 1.24 bits per heavy atom. The van der Waals surface area contributed by atoms with Crippen molar-refractivity contribution in [2.75, 3.05) is 37.7 Å². The quantitative estimate of drug-likeness (QED) is 0.612.